The fraction of sp³-hybridized carbons (Fsp3) is 0.211. The van der Waals surface area contributed by atoms with Crippen LogP contribution in [0.2, 0.25) is 0 Å². The van der Waals surface area contributed by atoms with E-state index in [1.165, 1.54) is 5.56 Å². The van der Waals surface area contributed by atoms with Gasteiger partial charge in [-0.05, 0) is 42.3 Å². The van der Waals surface area contributed by atoms with Crippen molar-refractivity contribution in [2.75, 3.05) is 18.5 Å². The molecule has 8 nitrogen and oxygen atoms in total. The van der Waals surface area contributed by atoms with Crippen LogP contribution in [-0.4, -0.2) is 39.2 Å². The molecule has 27 heavy (non-hydrogen) atoms. The number of nitrogens with zero attached hydrogens (tertiary/aromatic N) is 6. The van der Waals surface area contributed by atoms with E-state index in [0.29, 0.717) is 22.9 Å². The molecule has 1 aliphatic heterocycles. The van der Waals surface area contributed by atoms with Gasteiger partial charge in [-0.15, -0.1) is 0 Å². The van der Waals surface area contributed by atoms with Crippen LogP contribution in [0.4, 0.5) is 5.82 Å². The van der Waals surface area contributed by atoms with Gasteiger partial charge in [0.2, 0.25) is 5.91 Å². The molecule has 1 aliphatic rings. The van der Waals surface area contributed by atoms with E-state index in [9.17, 15) is 4.79 Å². The van der Waals surface area contributed by atoms with Gasteiger partial charge in [0.25, 0.3) is 0 Å². The molecule has 4 rings (SSSR count). The van der Waals surface area contributed by atoms with Gasteiger partial charge in [0.1, 0.15) is 11.5 Å². The number of primary amides is 1. The normalized spacial score (nSPS) is 12.7. The smallest absolute Gasteiger partial charge is 0.225 e. The summed E-state index contributed by atoms with van der Waals surface area (Å²) in [5.74, 6) is 1.29. The second kappa shape index (κ2) is 6.53. The van der Waals surface area contributed by atoms with Crippen molar-refractivity contribution in [3.05, 3.63) is 53.3 Å². The topological polar surface area (TPSA) is 114 Å². The van der Waals surface area contributed by atoms with Crippen LogP contribution in [0.3, 0.4) is 0 Å². The van der Waals surface area contributed by atoms with E-state index < -0.39 is 5.91 Å². The Morgan fingerprint density at radius 3 is 2.70 bits per heavy atom. The predicted octanol–water partition coefficient (Wildman–Crippen LogP) is 1.22. The summed E-state index contributed by atoms with van der Waals surface area (Å²) in [6, 6.07) is 13.0. The van der Waals surface area contributed by atoms with E-state index in [1.807, 2.05) is 19.2 Å². The van der Waals surface area contributed by atoms with Crippen LogP contribution in [0.25, 0.3) is 17.2 Å². The molecule has 8 heteroatoms. The third-order valence-electron chi connectivity index (χ3n) is 4.49. The Morgan fingerprint density at radius 2 is 2.00 bits per heavy atom. The van der Waals surface area contributed by atoms with Gasteiger partial charge >= 0.3 is 0 Å². The molecule has 0 fully saturated rings. The SMILES string of the molecule is CN1CCc2ccc(-c3nc(CC(N)=O)nn3-c3ccc(C#N)cc3)nc21. The van der Waals surface area contributed by atoms with Crippen molar-refractivity contribution >= 4 is 11.7 Å². The molecule has 0 spiro atoms. The molecule has 2 aromatic heterocycles. The maximum absolute atomic E-state index is 11.3. The summed E-state index contributed by atoms with van der Waals surface area (Å²) in [5.41, 5.74) is 8.44. The molecular weight excluding hydrogens is 342 g/mol. The molecule has 0 unspecified atom stereocenters. The number of hydrogen-bond donors (Lipinski definition) is 1. The van der Waals surface area contributed by atoms with E-state index in [1.54, 1.807) is 28.9 Å². The molecule has 2 N–H and O–H groups in total. The number of fused-ring (bicyclic) bond motifs is 1. The third kappa shape index (κ3) is 3.11. The molecule has 0 aliphatic carbocycles. The predicted molar refractivity (Wildman–Crippen MR) is 99.2 cm³/mol. The average molecular weight is 359 g/mol. The fourth-order valence-electron chi connectivity index (χ4n) is 3.13. The van der Waals surface area contributed by atoms with Gasteiger partial charge in [0.15, 0.2) is 11.6 Å². The number of likely N-dealkylation sites (N-methyl/N-ethyl adjacent to an activating group) is 1. The highest BCUT2D eigenvalue weighted by molar-refractivity contribution is 5.76. The average Bonchev–Trinajstić information content (AvgIpc) is 3.25. The fourth-order valence-corrected chi connectivity index (χ4v) is 3.13. The lowest BCUT2D eigenvalue weighted by molar-refractivity contribution is -0.117. The van der Waals surface area contributed by atoms with Crippen LogP contribution >= 0.6 is 0 Å². The van der Waals surface area contributed by atoms with Crippen molar-refractivity contribution in [2.45, 2.75) is 12.8 Å². The Hall–Kier alpha value is -3.73. The zero-order chi connectivity index (χ0) is 19.0. The first kappa shape index (κ1) is 16.7. The molecule has 0 atom stereocenters. The number of nitriles is 1. The quantitative estimate of drug-likeness (QED) is 0.749. The number of anilines is 1. The molecule has 134 valence electrons. The number of rotatable bonds is 4. The van der Waals surface area contributed by atoms with Gasteiger partial charge < -0.3 is 10.6 Å². The van der Waals surface area contributed by atoms with Gasteiger partial charge in [0.05, 0.1) is 23.7 Å². The Bertz CT molecular complexity index is 1060. The minimum absolute atomic E-state index is 0.0544. The van der Waals surface area contributed by atoms with Gasteiger partial charge in [-0.3, -0.25) is 4.79 Å². The number of benzene rings is 1. The zero-order valence-corrected chi connectivity index (χ0v) is 14.8. The highest BCUT2D eigenvalue weighted by Crippen LogP contribution is 2.28. The van der Waals surface area contributed by atoms with Crippen LogP contribution in [0.5, 0.6) is 0 Å². The number of amides is 1. The first-order chi connectivity index (χ1) is 13.0. The van der Waals surface area contributed by atoms with Gasteiger partial charge in [-0.1, -0.05) is 6.07 Å². The zero-order valence-electron chi connectivity index (χ0n) is 14.8. The highest BCUT2D eigenvalue weighted by Gasteiger charge is 2.21. The molecule has 0 bridgehead atoms. The second-order valence-corrected chi connectivity index (χ2v) is 6.42. The van der Waals surface area contributed by atoms with Gasteiger partial charge in [-0.25, -0.2) is 14.6 Å². The van der Waals surface area contributed by atoms with E-state index in [4.69, 9.17) is 16.0 Å². The van der Waals surface area contributed by atoms with E-state index in [2.05, 4.69) is 21.1 Å². The van der Waals surface area contributed by atoms with Crippen molar-refractivity contribution in [1.29, 1.82) is 5.26 Å². The Kier molecular flexibility index (Phi) is 4.05. The molecule has 1 aromatic carbocycles. The summed E-state index contributed by atoms with van der Waals surface area (Å²) in [4.78, 5) is 22.7. The molecule has 0 saturated carbocycles. The van der Waals surface area contributed by atoms with Crippen molar-refractivity contribution in [2.24, 2.45) is 5.73 Å². The molecule has 0 saturated heterocycles. The van der Waals surface area contributed by atoms with Crippen molar-refractivity contribution in [3.63, 3.8) is 0 Å². The van der Waals surface area contributed by atoms with Crippen molar-refractivity contribution < 1.29 is 4.79 Å². The summed E-state index contributed by atoms with van der Waals surface area (Å²) in [6.45, 7) is 0.932. The lowest BCUT2D eigenvalue weighted by Gasteiger charge is -2.12. The monoisotopic (exact) mass is 359 g/mol. The molecule has 3 aromatic rings. The van der Waals surface area contributed by atoms with Crippen LogP contribution in [0, 0.1) is 11.3 Å². The highest BCUT2D eigenvalue weighted by atomic mass is 16.1. The maximum atomic E-state index is 11.3. The minimum atomic E-state index is -0.500. The standard InChI is InChI=1S/C19H17N7O/c1-25-9-8-13-4-7-15(22-18(13)25)19-23-17(10-16(21)27)24-26(19)14-5-2-12(11-20)3-6-14/h2-7H,8-10H2,1H3,(H2,21,27). The summed E-state index contributed by atoms with van der Waals surface area (Å²) in [5, 5.41) is 13.4. The van der Waals surface area contributed by atoms with Crippen molar-refractivity contribution in [1.82, 2.24) is 19.7 Å². The Morgan fingerprint density at radius 1 is 1.22 bits per heavy atom. The molecule has 3 heterocycles. The van der Waals surface area contributed by atoms with Crippen LogP contribution in [0.15, 0.2) is 36.4 Å². The first-order valence-electron chi connectivity index (χ1n) is 8.51. The summed E-state index contributed by atoms with van der Waals surface area (Å²) < 4.78 is 1.63. The minimum Gasteiger partial charge on any atom is -0.369 e. The van der Waals surface area contributed by atoms with E-state index in [0.717, 1.165) is 24.5 Å². The second-order valence-electron chi connectivity index (χ2n) is 6.42. The third-order valence-corrected chi connectivity index (χ3v) is 4.49. The Labute approximate surface area is 155 Å². The molecule has 0 radical (unpaired) electrons. The van der Waals surface area contributed by atoms with Gasteiger partial charge in [0, 0.05) is 13.6 Å². The molecular formula is C19H17N7O. The number of carbonyl (C=O) groups is 1. The van der Waals surface area contributed by atoms with Crippen molar-refractivity contribution in [3.8, 4) is 23.3 Å². The summed E-state index contributed by atoms with van der Waals surface area (Å²) in [7, 11) is 2.01. The largest absolute Gasteiger partial charge is 0.369 e. The van der Waals surface area contributed by atoms with E-state index >= 15 is 0 Å². The number of carbonyl (C=O) groups excluding carboxylic acids is 1. The molecule has 1 amide bonds. The van der Waals surface area contributed by atoms with Crippen LogP contribution in [0.1, 0.15) is 17.0 Å². The number of hydrogen-bond acceptors (Lipinski definition) is 6. The summed E-state index contributed by atoms with van der Waals surface area (Å²) >= 11 is 0. The lowest BCUT2D eigenvalue weighted by Crippen LogP contribution is -2.14. The number of pyridine rings is 1. The number of nitrogens with two attached hydrogens (primary N) is 1. The lowest BCUT2D eigenvalue weighted by atomic mass is 10.2. The van der Waals surface area contributed by atoms with Crippen LogP contribution in [-0.2, 0) is 17.6 Å². The summed E-state index contributed by atoms with van der Waals surface area (Å²) in [6.07, 6.45) is 0.912. The van der Waals surface area contributed by atoms with E-state index in [-0.39, 0.29) is 6.42 Å². The maximum Gasteiger partial charge on any atom is 0.225 e. The van der Waals surface area contributed by atoms with Crippen LogP contribution < -0.4 is 10.6 Å². The first-order valence-corrected chi connectivity index (χ1v) is 8.51. The Balaban J connectivity index is 1.83. The van der Waals surface area contributed by atoms with Gasteiger partial charge in [-0.2, -0.15) is 10.4 Å². The number of aromatic nitrogens is 4.